The molecule has 1 fully saturated rings. The second-order valence-electron chi connectivity index (χ2n) is 7.65. The second-order valence-corrected chi connectivity index (χ2v) is 7.65. The van der Waals surface area contributed by atoms with Gasteiger partial charge < -0.3 is 14.9 Å². The number of carboxylic acids is 2. The Bertz CT molecular complexity index is 1040. The summed E-state index contributed by atoms with van der Waals surface area (Å²) < 4.78 is 5.34. The zero-order valence-corrected chi connectivity index (χ0v) is 18.1. The minimum atomic E-state index is -1.82. The maximum Gasteiger partial charge on any atom is 0.414 e. The van der Waals surface area contributed by atoms with Crippen LogP contribution < -0.4 is 4.74 Å². The lowest BCUT2D eigenvalue weighted by Crippen LogP contribution is -2.45. The number of aliphatic carboxylic acids is 2. The molecule has 4 rings (SSSR count). The lowest BCUT2D eigenvalue weighted by molar-refractivity contribution is -0.159. The van der Waals surface area contributed by atoms with Crippen LogP contribution in [0.25, 0.3) is 10.8 Å². The molecule has 0 aromatic heterocycles. The number of carbonyl (C=O) groups is 2. The summed E-state index contributed by atoms with van der Waals surface area (Å²) in [4.78, 5) is 23.3. The molecule has 0 spiro atoms. The molecule has 1 aliphatic rings. The number of methoxy groups -OCH3 is 1. The Hall–Kier alpha value is -3.42. The SMILES string of the molecule is COc1cccc(CN2CCN(Cc3cccc4ccccc34)CC2)c1.O=C(O)C(=O)O. The monoisotopic (exact) mass is 436 g/mol. The van der Waals surface area contributed by atoms with Gasteiger partial charge in [0.1, 0.15) is 5.75 Å². The van der Waals surface area contributed by atoms with Crippen molar-refractivity contribution in [3.8, 4) is 5.75 Å². The summed E-state index contributed by atoms with van der Waals surface area (Å²) in [6, 6.07) is 23.7. The summed E-state index contributed by atoms with van der Waals surface area (Å²) in [5.74, 6) is -2.71. The second kappa shape index (κ2) is 11.3. The first-order valence-corrected chi connectivity index (χ1v) is 10.5. The molecule has 0 bridgehead atoms. The Morgan fingerprint density at radius 1 is 0.812 bits per heavy atom. The number of ether oxygens (including phenoxy) is 1. The van der Waals surface area contributed by atoms with E-state index in [0.717, 1.165) is 45.0 Å². The largest absolute Gasteiger partial charge is 0.497 e. The fraction of sp³-hybridized carbons (Fsp3) is 0.280. The zero-order chi connectivity index (χ0) is 22.9. The minimum Gasteiger partial charge on any atom is -0.497 e. The van der Waals surface area contributed by atoms with E-state index in [9.17, 15) is 0 Å². The molecule has 1 saturated heterocycles. The molecule has 2 N–H and O–H groups in total. The molecule has 32 heavy (non-hydrogen) atoms. The van der Waals surface area contributed by atoms with Gasteiger partial charge in [0, 0.05) is 39.3 Å². The molecular formula is C25H28N2O5. The highest BCUT2D eigenvalue weighted by atomic mass is 16.5. The summed E-state index contributed by atoms with van der Waals surface area (Å²) >= 11 is 0. The molecule has 1 aliphatic heterocycles. The van der Waals surface area contributed by atoms with Crippen LogP contribution in [0.15, 0.2) is 66.7 Å². The van der Waals surface area contributed by atoms with Crippen LogP contribution in [0.2, 0.25) is 0 Å². The smallest absolute Gasteiger partial charge is 0.414 e. The summed E-state index contributed by atoms with van der Waals surface area (Å²) in [6.07, 6.45) is 0. The number of hydrogen-bond donors (Lipinski definition) is 2. The molecule has 0 aliphatic carbocycles. The van der Waals surface area contributed by atoms with Crippen molar-refractivity contribution >= 4 is 22.7 Å². The van der Waals surface area contributed by atoms with Gasteiger partial charge in [-0.05, 0) is 34.0 Å². The Morgan fingerprint density at radius 2 is 1.41 bits per heavy atom. The Kier molecular flexibility index (Phi) is 8.19. The highest BCUT2D eigenvalue weighted by Crippen LogP contribution is 2.21. The fourth-order valence-electron chi connectivity index (χ4n) is 3.81. The van der Waals surface area contributed by atoms with Gasteiger partial charge in [-0.1, -0.05) is 54.6 Å². The van der Waals surface area contributed by atoms with Crippen molar-refractivity contribution in [1.29, 1.82) is 0 Å². The first-order chi connectivity index (χ1) is 15.5. The van der Waals surface area contributed by atoms with Crippen molar-refractivity contribution in [1.82, 2.24) is 9.80 Å². The van der Waals surface area contributed by atoms with Crippen molar-refractivity contribution in [2.75, 3.05) is 33.3 Å². The van der Waals surface area contributed by atoms with Crippen LogP contribution in [0.3, 0.4) is 0 Å². The van der Waals surface area contributed by atoms with Gasteiger partial charge in [-0.15, -0.1) is 0 Å². The van der Waals surface area contributed by atoms with Gasteiger partial charge in [0.25, 0.3) is 0 Å². The van der Waals surface area contributed by atoms with Crippen molar-refractivity contribution in [3.05, 3.63) is 77.9 Å². The average molecular weight is 437 g/mol. The molecular weight excluding hydrogens is 408 g/mol. The van der Waals surface area contributed by atoms with Crippen LogP contribution in [0.4, 0.5) is 0 Å². The van der Waals surface area contributed by atoms with E-state index in [1.54, 1.807) is 7.11 Å². The Balaban J connectivity index is 0.000000427. The van der Waals surface area contributed by atoms with Crippen LogP contribution in [-0.2, 0) is 22.7 Å². The van der Waals surface area contributed by atoms with Crippen LogP contribution in [0, 0.1) is 0 Å². The number of nitrogens with zero attached hydrogens (tertiary/aromatic N) is 2. The molecule has 168 valence electrons. The third-order valence-corrected chi connectivity index (χ3v) is 5.46. The predicted octanol–water partition coefficient (Wildman–Crippen LogP) is 3.32. The number of carboxylic acid groups (broad SMARTS) is 2. The molecule has 1 heterocycles. The van der Waals surface area contributed by atoms with Crippen LogP contribution in [0.1, 0.15) is 11.1 Å². The quantitative estimate of drug-likeness (QED) is 0.593. The van der Waals surface area contributed by atoms with Gasteiger partial charge in [-0.25, -0.2) is 9.59 Å². The fourth-order valence-corrected chi connectivity index (χ4v) is 3.81. The standard InChI is InChI=1S/C23H26N2O.C2H2O4/c1-26-22-10-4-6-19(16-22)17-24-12-14-25(15-13-24)18-21-9-5-8-20-7-2-3-11-23(20)21;3-1(4)2(5)6/h2-11,16H,12-15,17-18H2,1H3;(H,3,4)(H,5,6). The van der Waals surface area contributed by atoms with E-state index in [4.69, 9.17) is 24.5 Å². The van der Waals surface area contributed by atoms with Crippen molar-refractivity contribution < 1.29 is 24.5 Å². The molecule has 3 aromatic rings. The zero-order valence-electron chi connectivity index (χ0n) is 18.1. The van der Waals surface area contributed by atoms with Gasteiger partial charge >= 0.3 is 11.9 Å². The molecule has 3 aromatic carbocycles. The number of fused-ring (bicyclic) bond motifs is 1. The number of hydrogen-bond acceptors (Lipinski definition) is 5. The average Bonchev–Trinajstić information content (AvgIpc) is 2.81. The summed E-state index contributed by atoms with van der Waals surface area (Å²) in [5, 5.41) is 17.5. The Labute approximate surface area is 187 Å². The van der Waals surface area contributed by atoms with Crippen molar-refractivity contribution in [2.45, 2.75) is 13.1 Å². The van der Waals surface area contributed by atoms with Gasteiger partial charge in [0.05, 0.1) is 7.11 Å². The van der Waals surface area contributed by atoms with Crippen LogP contribution in [0.5, 0.6) is 5.75 Å². The van der Waals surface area contributed by atoms with E-state index in [1.165, 1.54) is 21.9 Å². The van der Waals surface area contributed by atoms with Gasteiger partial charge in [0.2, 0.25) is 0 Å². The third-order valence-electron chi connectivity index (χ3n) is 5.46. The predicted molar refractivity (Wildman–Crippen MR) is 123 cm³/mol. The lowest BCUT2D eigenvalue weighted by Gasteiger charge is -2.35. The molecule has 0 unspecified atom stereocenters. The molecule has 7 heteroatoms. The summed E-state index contributed by atoms with van der Waals surface area (Å²) in [7, 11) is 1.73. The van der Waals surface area contributed by atoms with Crippen molar-refractivity contribution in [2.24, 2.45) is 0 Å². The minimum absolute atomic E-state index is 0.942. The van der Waals surface area contributed by atoms with E-state index in [0.29, 0.717) is 0 Å². The highest BCUT2D eigenvalue weighted by Gasteiger charge is 2.18. The normalized spacial score (nSPS) is 14.4. The Morgan fingerprint density at radius 3 is 2.06 bits per heavy atom. The number of piperazine rings is 1. The molecule has 0 atom stereocenters. The first-order valence-electron chi connectivity index (χ1n) is 10.5. The topological polar surface area (TPSA) is 90.3 Å². The lowest BCUT2D eigenvalue weighted by atomic mass is 10.0. The van der Waals surface area contributed by atoms with E-state index in [1.807, 2.05) is 6.07 Å². The van der Waals surface area contributed by atoms with E-state index in [-0.39, 0.29) is 0 Å². The third kappa shape index (κ3) is 6.54. The van der Waals surface area contributed by atoms with E-state index >= 15 is 0 Å². The van der Waals surface area contributed by atoms with Gasteiger partial charge in [0.15, 0.2) is 0 Å². The number of benzene rings is 3. The van der Waals surface area contributed by atoms with Gasteiger partial charge in [-0.2, -0.15) is 0 Å². The molecule has 0 radical (unpaired) electrons. The maximum atomic E-state index is 9.10. The molecule has 7 nitrogen and oxygen atoms in total. The van der Waals surface area contributed by atoms with E-state index in [2.05, 4.69) is 70.5 Å². The highest BCUT2D eigenvalue weighted by molar-refractivity contribution is 6.27. The van der Waals surface area contributed by atoms with Gasteiger partial charge in [-0.3, -0.25) is 9.80 Å². The van der Waals surface area contributed by atoms with E-state index < -0.39 is 11.9 Å². The van der Waals surface area contributed by atoms with Crippen LogP contribution >= 0.6 is 0 Å². The summed E-state index contributed by atoms with van der Waals surface area (Å²) in [5.41, 5.74) is 2.76. The first kappa shape index (κ1) is 23.2. The molecule has 0 saturated carbocycles. The summed E-state index contributed by atoms with van der Waals surface area (Å²) in [6.45, 7) is 6.50. The maximum absolute atomic E-state index is 9.10. The molecule has 0 amide bonds. The van der Waals surface area contributed by atoms with Crippen molar-refractivity contribution in [3.63, 3.8) is 0 Å². The van der Waals surface area contributed by atoms with Crippen LogP contribution in [-0.4, -0.2) is 65.2 Å². The number of rotatable bonds is 5.